The zero-order valence-electron chi connectivity index (χ0n) is 12.0. The van der Waals surface area contributed by atoms with Gasteiger partial charge in [0.15, 0.2) is 0 Å². The van der Waals surface area contributed by atoms with Gasteiger partial charge in [0.1, 0.15) is 0 Å². The van der Waals surface area contributed by atoms with Crippen LogP contribution in [-0.4, -0.2) is 74.4 Å². The Labute approximate surface area is 111 Å². The molecule has 0 saturated heterocycles. The van der Waals surface area contributed by atoms with Crippen molar-refractivity contribution in [3.05, 3.63) is 0 Å². The molecule has 110 valence electrons. The summed E-state index contributed by atoms with van der Waals surface area (Å²) in [6.45, 7) is 4.62. The van der Waals surface area contributed by atoms with Gasteiger partial charge in [0.05, 0.1) is 25.4 Å². The second-order valence-electron chi connectivity index (χ2n) is 4.80. The van der Waals surface area contributed by atoms with E-state index in [9.17, 15) is 5.11 Å². The minimum atomic E-state index is -0.466. The molecule has 0 aromatic heterocycles. The van der Waals surface area contributed by atoms with E-state index >= 15 is 0 Å². The molecule has 0 aliphatic carbocycles. The van der Waals surface area contributed by atoms with E-state index in [1.807, 2.05) is 14.0 Å². The minimum absolute atomic E-state index is 0.0134. The fraction of sp³-hybridized carbons (Fsp3) is 1.00. The van der Waals surface area contributed by atoms with Crippen molar-refractivity contribution in [3.63, 3.8) is 0 Å². The molecule has 0 aromatic carbocycles. The van der Waals surface area contributed by atoms with Crippen LogP contribution in [0.4, 0.5) is 0 Å². The van der Waals surface area contributed by atoms with Gasteiger partial charge in [-0.3, -0.25) is 0 Å². The summed E-state index contributed by atoms with van der Waals surface area (Å²) in [6.07, 6.45) is 2.48. The number of rotatable bonds is 12. The van der Waals surface area contributed by atoms with Gasteiger partial charge >= 0.3 is 0 Å². The molecule has 0 saturated carbocycles. The highest BCUT2D eigenvalue weighted by Gasteiger charge is 2.10. The lowest BCUT2D eigenvalue weighted by Crippen LogP contribution is -2.34. The van der Waals surface area contributed by atoms with Crippen LogP contribution in [0.25, 0.3) is 0 Å². The smallest absolute Gasteiger partial charge is 0.0900 e. The molecule has 18 heavy (non-hydrogen) atoms. The molecule has 5 heteroatoms. The summed E-state index contributed by atoms with van der Waals surface area (Å²) in [4.78, 5) is 2.09. The van der Waals surface area contributed by atoms with Crippen LogP contribution in [0, 0.1) is 0 Å². The van der Waals surface area contributed by atoms with Crippen molar-refractivity contribution in [2.24, 2.45) is 0 Å². The number of likely N-dealkylation sites (N-methyl/N-ethyl adjacent to an activating group) is 1. The van der Waals surface area contributed by atoms with Crippen LogP contribution < -0.4 is 0 Å². The molecule has 0 aliphatic heterocycles. The average molecular weight is 263 g/mol. The molecule has 0 radical (unpaired) electrons. The first-order valence-corrected chi connectivity index (χ1v) is 6.68. The van der Waals surface area contributed by atoms with Gasteiger partial charge in [-0.2, -0.15) is 0 Å². The van der Waals surface area contributed by atoms with Gasteiger partial charge in [0.2, 0.25) is 0 Å². The van der Waals surface area contributed by atoms with Crippen molar-refractivity contribution in [2.75, 3.05) is 47.1 Å². The number of unbranched alkanes of at least 4 members (excludes halogenated alkanes) is 2. The molecule has 0 spiro atoms. The Balaban J connectivity index is 3.51. The number of hydrogen-bond donors (Lipinski definition) is 2. The zero-order chi connectivity index (χ0) is 13.8. The quantitative estimate of drug-likeness (QED) is 0.502. The molecule has 0 fully saturated rings. The lowest BCUT2D eigenvalue weighted by Gasteiger charge is -2.21. The van der Waals surface area contributed by atoms with Crippen LogP contribution in [0.5, 0.6) is 0 Å². The summed E-state index contributed by atoms with van der Waals surface area (Å²) >= 11 is 0. The zero-order valence-corrected chi connectivity index (χ0v) is 12.0. The number of ether oxygens (including phenoxy) is 2. The van der Waals surface area contributed by atoms with Crippen molar-refractivity contribution in [1.29, 1.82) is 0 Å². The van der Waals surface area contributed by atoms with Gasteiger partial charge in [-0.05, 0) is 39.8 Å². The van der Waals surface area contributed by atoms with Crippen LogP contribution in [-0.2, 0) is 9.47 Å². The van der Waals surface area contributed by atoms with Crippen molar-refractivity contribution < 1.29 is 19.7 Å². The number of nitrogens with zero attached hydrogens (tertiary/aromatic N) is 1. The Kier molecular flexibility index (Phi) is 11.7. The predicted octanol–water partition coefficient (Wildman–Crippen LogP) is 0.493. The van der Waals surface area contributed by atoms with E-state index < -0.39 is 6.10 Å². The summed E-state index contributed by atoms with van der Waals surface area (Å²) < 4.78 is 10.4. The van der Waals surface area contributed by atoms with Gasteiger partial charge in [-0.1, -0.05) is 0 Å². The first kappa shape index (κ1) is 17.8. The summed E-state index contributed by atoms with van der Waals surface area (Å²) in [5, 5.41) is 18.5. The Bertz CT molecular complexity index is 180. The summed E-state index contributed by atoms with van der Waals surface area (Å²) in [6, 6.07) is 0. The highest BCUT2D eigenvalue weighted by molar-refractivity contribution is 4.62. The summed E-state index contributed by atoms with van der Waals surface area (Å²) in [5.74, 6) is 0. The van der Waals surface area contributed by atoms with Crippen LogP contribution in [0.3, 0.4) is 0 Å². The summed E-state index contributed by atoms with van der Waals surface area (Å²) in [7, 11) is 3.62. The van der Waals surface area contributed by atoms with E-state index in [0.29, 0.717) is 19.8 Å². The molecular weight excluding hydrogens is 234 g/mol. The second-order valence-corrected chi connectivity index (χ2v) is 4.80. The third-order valence-corrected chi connectivity index (χ3v) is 2.69. The first-order chi connectivity index (χ1) is 8.60. The van der Waals surface area contributed by atoms with Gasteiger partial charge in [-0.15, -0.1) is 0 Å². The van der Waals surface area contributed by atoms with Crippen LogP contribution in [0.1, 0.15) is 26.2 Å². The standard InChI is InChI=1S/C13H29NO4/c1-12(10-17-3)18-11-13(16)9-14(2)7-5-4-6-8-15/h12-13,15-16H,4-11H2,1-3H3. The number of aliphatic hydroxyl groups is 2. The van der Waals surface area contributed by atoms with E-state index in [1.54, 1.807) is 7.11 Å². The normalized spacial score (nSPS) is 15.0. The third kappa shape index (κ3) is 10.9. The Morgan fingerprint density at radius 1 is 1.17 bits per heavy atom. The third-order valence-electron chi connectivity index (χ3n) is 2.69. The molecule has 0 heterocycles. The van der Waals surface area contributed by atoms with Gasteiger partial charge < -0.3 is 24.6 Å². The largest absolute Gasteiger partial charge is 0.396 e. The molecule has 0 aromatic rings. The monoisotopic (exact) mass is 263 g/mol. The second kappa shape index (κ2) is 11.9. The fourth-order valence-corrected chi connectivity index (χ4v) is 1.73. The van der Waals surface area contributed by atoms with Crippen LogP contribution >= 0.6 is 0 Å². The van der Waals surface area contributed by atoms with E-state index in [2.05, 4.69) is 4.90 Å². The highest BCUT2D eigenvalue weighted by Crippen LogP contribution is 1.99. The molecule has 0 aliphatic rings. The Morgan fingerprint density at radius 3 is 2.50 bits per heavy atom. The summed E-state index contributed by atoms with van der Waals surface area (Å²) in [5.41, 5.74) is 0. The molecular formula is C13H29NO4. The van der Waals surface area contributed by atoms with Crippen LogP contribution in [0.15, 0.2) is 0 Å². The van der Waals surface area contributed by atoms with Gasteiger partial charge in [0.25, 0.3) is 0 Å². The van der Waals surface area contributed by atoms with Crippen molar-refractivity contribution in [2.45, 2.75) is 38.4 Å². The topological polar surface area (TPSA) is 62.2 Å². The fourth-order valence-electron chi connectivity index (χ4n) is 1.73. The minimum Gasteiger partial charge on any atom is -0.396 e. The van der Waals surface area contributed by atoms with E-state index in [4.69, 9.17) is 14.6 Å². The van der Waals surface area contributed by atoms with E-state index in [0.717, 1.165) is 25.8 Å². The maximum Gasteiger partial charge on any atom is 0.0900 e. The maximum atomic E-state index is 9.79. The van der Waals surface area contributed by atoms with Crippen molar-refractivity contribution >= 4 is 0 Å². The molecule has 0 rings (SSSR count). The molecule has 5 nitrogen and oxygen atoms in total. The molecule has 0 amide bonds. The highest BCUT2D eigenvalue weighted by atomic mass is 16.5. The molecule has 2 unspecified atom stereocenters. The predicted molar refractivity (Wildman–Crippen MR) is 71.7 cm³/mol. The Hall–Kier alpha value is -0.200. The average Bonchev–Trinajstić information content (AvgIpc) is 2.32. The van der Waals surface area contributed by atoms with E-state index in [-0.39, 0.29) is 12.7 Å². The van der Waals surface area contributed by atoms with E-state index in [1.165, 1.54) is 0 Å². The first-order valence-electron chi connectivity index (χ1n) is 6.68. The SMILES string of the molecule is COCC(C)OCC(O)CN(C)CCCCCO. The van der Waals surface area contributed by atoms with Gasteiger partial charge in [-0.25, -0.2) is 0 Å². The Morgan fingerprint density at radius 2 is 1.89 bits per heavy atom. The maximum absolute atomic E-state index is 9.79. The number of methoxy groups -OCH3 is 1. The number of aliphatic hydroxyl groups excluding tert-OH is 2. The van der Waals surface area contributed by atoms with Crippen LogP contribution in [0.2, 0.25) is 0 Å². The van der Waals surface area contributed by atoms with Crippen molar-refractivity contribution in [1.82, 2.24) is 4.90 Å². The lowest BCUT2D eigenvalue weighted by molar-refractivity contribution is -0.0381. The van der Waals surface area contributed by atoms with Gasteiger partial charge in [0, 0.05) is 20.3 Å². The van der Waals surface area contributed by atoms with Crippen molar-refractivity contribution in [3.8, 4) is 0 Å². The lowest BCUT2D eigenvalue weighted by atomic mass is 10.2. The molecule has 0 bridgehead atoms. The molecule has 2 N–H and O–H groups in total. The molecule has 2 atom stereocenters. The number of hydrogen-bond acceptors (Lipinski definition) is 5.